The summed E-state index contributed by atoms with van der Waals surface area (Å²) in [5, 5.41) is 0. The molecule has 0 atom stereocenters. The number of carbonyl (C=O) groups excluding carboxylic acids is 1. The van der Waals surface area contributed by atoms with E-state index in [0.29, 0.717) is 0 Å². The van der Waals surface area contributed by atoms with Crippen LogP contribution in [-0.2, 0) is 0 Å². The Morgan fingerprint density at radius 2 is 2.14 bits per heavy atom. The van der Waals surface area contributed by atoms with Gasteiger partial charge in [-0.25, -0.2) is 9.97 Å². The molecule has 0 unspecified atom stereocenters. The predicted molar refractivity (Wildman–Crippen MR) is 41.7 cm³/mol. The van der Waals surface area contributed by atoms with Crippen molar-refractivity contribution in [1.82, 2.24) is 9.97 Å². The van der Waals surface area contributed by atoms with Crippen molar-refractivity contribution in [3.8, 4) is 0 Å². The van der Waals surface area contributed by atoms with Crippen LogP contribution in [0, 0.1) is 0 Å². The molecule has 1 heterocycles. The maximum absolute atomic E-state index is 11.7. The largest absolute Gasteiger partial charge is 0.389 e. The van der Waals surface area contributed by atoms with E-state index >= 15 is 0 Å². The zero-order valence-electron chi connectivity index (χ0n) is 7.08. The van der Waals surface area contributed by atoms with Crippen molar-refractivity contribution >= 4 is 5.78 Å². The lowest BCUT2D eigenvalue weighted by Crippen LogP contribution is -2.11. The third kappa shape index (κ3) is 3.51. The minimum absolute atomic E-state index is 0.0178. The number of hydrogen-bond acceptors (Lipinski definition) is 3. The number of carbonyl (C=O) groups is 1. The van der Waals surface area contributed by atoms with E-state index < -0.39 is 24.8 Å². The first-order valence-corrected chi connectivity index (χ1v) is 3.85. The maximum Gasteiger partial charge on any atom is 0.389 e. The van der Waals surface area contributed by atoms with Crippen LogP contribution in [0.2, 0.25) is 0 Å². The normalized spacial score (nSPS) is 11.4. The first kappa shape index (κ1) is 10.6. The molecule has 0 aliphatic carbocycles. The Kier molecular flexibility index (Phi) is 3.16. The Morgan fingerprint density at radius 1 is 1.43 bits per heavy atom. The number of Topliss-reactive ketones (excluding diaryl/α,β-unsaturated/α-hetero) is 1. The van der Waals surface area contributed by atoms with E-state index in [2.05, 4.69) is 9.97 Å². The van der Waals surface area contributed by atoms with Crippen molar-refractivity contribution in [2.24, 2.45) is 0 Å². The monoisotopic (exact) mass is 204 g/mol. The van der Waals surface area contributed by atoms with Gasteiger partial charge in [-0.05, 0) is 6.07 Å². The fourth-order valence-corrected chi connectivity index (χ4v) is 0.839. The molecule has 0 N–H and O–H groups in total. The van der Waals surface area contributed by atoms with Crippen molar-refractivity contribution in [2.45, 2.75) is 19.0 Å². The van der Waals surface area contributed by atoms with E-state index in [1.54, 1.807) is 0 Å². The number of alkyl halides is 3. The molecule has 0 aromatic carbocycles. The highest BCUT2D eigenvalue weighted by molar-refractivity contribution is 5.93. The van der Waals surface area contributed by atoms with E-state index in [9.17, 15) is 18.0 Å². The zero-order chi connectivity index (χ0) is 10.6. The predicted octanol–water partition coefficient (Wildman–Crippen LogP) is 2.00. The van der Waals surface area contributed by atoms with E-state index in [1.807, 2.05) is 0 Å². The van der Waals surface area contributed by atoms with Gasteiger partial charge in [0.2, 0.25) is 0 Å². The summed E-state index contributed by atoms with van der Waals surface area (Å²) in [5.74, 6) is -0.621. The summed E-state index contributed by atoms with van der Waals surface area (Å²) in [7, 11) is 0. The highest BCUT2D eigenvalue weighted by Gasteiger charge is 2.28. The molecule has 0 spiro atoms. The third-order valence-electron chi connectivity index (χ3n) is 1.50. The summed E-state index contributed by atoms with van der Waals surface area (Å²) < 4.78 is 35.2. The molecule has 0 amide bonds. The number of halogens is 3. The van der Waals surface area contributed by atoms with Gasteiger partial charge in [-0.3, -0.25) is 4.79 Å². The molecule has 0 saturated heterocycles. The Balaban J connectivity index is 2.52. The molecule has 1 aromatic rings. The molecule has 0 aliphatic rings. The van der Waals surface area contributed by atoms with Crippen LogP contribution in [-0.4, -0.2) is 21.9 Å². The van der Waals surface area contributed by atoms with Gasteiger partial charge < -0.3 is 0 Å². The molecular weight excluding hydrogens is 197 g/mol. The van der Waals surface area contributed by atoms with Crippen molar-refractivity contribution in [1.29, 1.82) is 0 Å². The van der Waals surface area contributed by atoms with Crippen molar-refractivity contribution in [2.75, 3.05) is 0 Å². The fourth-order valence-electron chi connectivity index (χ4n) is 0.839. The van der Waals surface area contributed by atoms with Crippen molar-refractivity contribution in [3.05, 3.63) is 24.3 Å². The Labute approximate surface area is 78.0 Å². The molecule has 6 heteroatoms. The van der Waals surface area contributed by atoms with Crippen LogP contribution in [0.25, 0.3) is 0 Å². The van der Waals surface area contributed by atoms with Crippen molar-refractivity contribution < 1.29 is 18.0 Å². The second-order valence-electron chi connectivity index (χ2n) is 2.63. The van der Waals surface area contributed by atoms with E-state index in [4.69, 9.17) is 0 Å². The SMILES string of the molecule is O=C(CCC(F)(F)F)c1ccncn1. The maximum atomic E-state index is 11.7. The average molecular weight is 204 g/mol. The molecule has 76 valence electrons. The quantitative estimate of drug-likeness (QED) is 0.707. The smallest absolute Gasteiger partial charge is 0.292 e. The van der Waals surface area contributed by atoms with Gasteiger partial charge in [-0.1, -0.05) is 0 Å². The number of rotatable bonds is 3. The molecule has 14 heavy (non-hydrogen) atoms. The van der Waals surface area contributed by atoms with Gasteiger partial charge in [0, 0.05) is 12.6 Å². The summed E-state index contributed by atoms with van der Waals surface area (Å²) in [6.07, 6.45) is -3.55. The van der Waals surface area contributed by atoms with Gasteiger partial charge in [0.05, 0.1) is 6.42 Å². The van der Waals surface area contributed by atoms with Gasteiger partial charge in [0.1, 0.15) is 12.0 Å². The van der Waals surface area contributed by atoms with Crippen LogP contribution < -0.4 is 0 Å². The van der Waals surface area contributed by atoms with Gasteiger partial charge in [0.15, 0.2) is 5.78 Å². The minimum atomic E-state index is -4.30. The summed E-state index contributed by atoms with van der Waals surface area (Å²) in [6.45, 7) is 0. The van der Waals surface area contributed by atoms with Gasteiger partial charge in [-0.2, -0.15) is 13.2 Å². The van der Waals surface area contributed by atoms with Gasteiger partial charge in [-0.15, -0.1) is 0 Å². The molecule has 0 aliphatic heterocycles. The number of aromatic nitrogens is 2. The Morgan fingerprint density at radius 3 is 2.64 bits per heavy atom. The van der Waals surface area contributed by atoms with Crippen molar-refractivity contribution in [3.63, 3.8) is 0 Å². The summed E-state index contributed by atoms with van der Waals surface area (Å²) in [6, 6.07) is 1.29. The summed E-state index contributed by atoms with van der Waals surface area (Å²) in [5.41, 5.74) is 0.0178. The molecule has 0 fully saturated rings. The standard InChI is InChI=1S/C8H7F3N2O/c9-8(10,11)3-1-7(14)6-2-4-12-5-13-6/h2,4-5H,1,3H2. The molecule has 0 bridgehead atoms. The molecule has 1 rings (SSSR count). The Bertz CT molecular complexity index is 310. The van der Waals surface area contributed by atoms with Crippen LogP contribution in [0.5, 0.6) is 0 Å². The van der Waals surface area contributed by atoms with Crippen LogP contribution in [0.4, 0.5) is 13.2 Å². The second-order valence-corrected chi connectivity index (χ2v) is 2.63. The van der Waals surface area contributed by atoms with E-state index in [0.717, 1.165) is 6.33 Å². The molecule has 1 aromatic heterocycles. The number of hydrogen-bond donors (Lipinski definition) is 0. The lowest BCUT2D eigenvalue weighted by Gasteiger charge is -2.04. The van der Waals surface area contributed by atoms with E-state index in [-0.39, 0.29) is 5.69 Å². The molecule has 0 saturated carbocycles. The third-order valence-corrected chi connectivity index (χ3v) is 1.50. The highest BCUT2D eigenvalue weighted by Crippen LogP contribution is 2.22. The number of nitrogens with zero attached hydrogens (tertiary/aromatic N) is 2. The Hall–Kier alpha value is -1.46. The topological polar surface area (TPSA) is 42.9 Å². The lowest BCUT2D eigenvalue weighted by molar-refractivity contribution is -0.133. The van der Waals surface area contributed by atoms with E-state index in [1.165, 1.54) is 12.3 Å². The van der Waals surface area contributed by atoms with Crippen LogP contribution >= 0.6 is 0 Å². The average Bonchev–Trinajstić information content (AvgIpc) is 2.14. The summed E-state index contributed by atoms with van der Waals surface area (Å²) >= 11 is 0. The minimum Gasteiger partial charge on any atom is -0.292 e. The fraction of sp³-hybridized carbons (Fsp3) is 0.375. The highest BCUT2D eigenvalue weighted by atomic mass is 19.4. The lowest BCUT2D eigenvalue weighted by atomic mass is 10.1. The van der Waals surface area contributed by atoms with Gasteiger partial charge in [0.25, 0.3) is 0 Å². The molecule has 0 radical (unpaired) electrons. The zero-order valence-corrected chi connectivity index (χ0v) is 7.08. The van der Waals surface area contributed by atoms with Crippen LogP contribution in [0.15, 0.2) is 18.6 Å². The molecular formula is C8H7F3N2O. The molecule has 3 nitrogen and oxygen atoms in total. The van der Waals surface area contributed by atoms with Crippen LogP contribution in [0.3, 0.4) is 0 Å². The van der Waals surface area contributed by atoms with Crippen LogP contribution in [0.1, 0.15) is 23.3 Å². The first-order chi connectivity index (χ1) is 6.49. The number of ketones is 1. The first-order valence-electron chi connectivity index (χ1n) is 3.85. The summed E-state index contributed by atoms with van der Waals surface area (Å²) in [4.78, 5) is 18.2. The van der Waals surface area contributed by atoms with Gasteiger partial charge >= 0.3 is 6.18 Å². The second kappa shape index (κ2) is 4.17.